The number of carbonyl (C=O) groups excluding carboxylic acids is 5. The van der Waals surface area contributed by atoms with E-state index in [1.54, 1.807) is 36.4 Å². The number of imide groups is 1. The molecule has 8 heteroatoms. The Morgan fingerprint density at radius 2 is 1.50 bits per heavy atom. The number of fused-ring (bicyclic) bond motifs is 1. The number of nitrogens with zero attached hydrogens (tertiary/aromatic N) is 1. The summed E-state index contributed by atoms with van der Waals surface area (Å²) in [7, 11) is 0. The maximum absolute atomic E-state index is 12.8. The lowest BCUT2D eigenvalue weighted by Crippen LogP contribution is -2.46. The number of rotatable bonds is 8. The van der Waals surface area contributed by atoms with Crippen molar-refractivity contribution in [2.75, 3.05) is 11.9 Å². The van der Waals surface area contributed by atoms with Gasteiger partial charge in [-0.1, -0.05) is 26.0 Å². The first-order valence-electron chi connectivity index (χ1n) is 10.2. The highest BCUT2D eigenvalue weighted by Gasteiger charge is 2.43. The Hall–Kier alpha value is -3.81. The number of ketones is 1. The first-order chi connectivity index (χ1) is 15.2. The van der Waals surface area contributed by atoms with Gasteiger partial charge >= 0.3 is 5.97 Å². The quantitative estimate of drug-likeness (QED) is 0.387. The van der Waals surface area contributed by atoms with Gasteiger partial charge in [0.1, 0.15) is 6.04 Å². The molecule has 1 N–H and O–H groups in total. The molecule has 0 aromatic heterocycles. The molecule has 2 aromatic rings. The zero-order valence-electron chi connectivity index (χ0n) is 18.1. The third-order valence-corrected chi connectivity index (χ3v) is 5.02. The van der Waals surface area contributed by atoms with Gasteiger partial charge in [-0.05, 0) is 55.7 Å². The van der Waals surface area contributed by atoms with E-state index < -0.39 is 36.3 Å². The minimum atomic E-state index is -1.13. The molecule has 0 spiro atoms. The van der Waals surface area contributed by atoms with Gasteiger partial charge in [-0.25, -0.2) is 4.79 Å². The Bertz CT molecular complexity index is 1040. The van der Waals surface area contributed by atoms with Crippen LogP contribution in [0.5, 0.6) is 0 Å². The predicted molar refractivity (Wildman–Crippen MR) is 116 cm³/mol. The maximum Gasteiger partial charge on any atom is 0.329 e. The average molecular weight is 436 g/mol. The molecule has 0 radical (unpaired) electrons. The van der Waals surface area contributed by atoms with Gasteiger partial charge in [-0.15, -0.1) is 0 Å². The van der Waals surface area contributed by atoms with Gasteiger partial charge in [0, 0.05) is 11.3 Å². The van der Waals surface area contributed by atoms with Crippen molar-refractivity contribution in [3.05, 3.63) is 65.2 Å². The monoisotopic (exact) mass is 436 g/mol. The number of esters is 1. The van der Waals surface area contributed by atoms with Gasteiger partial charge < -0.3 is 10.1 Å². The molecule has 32 heavy (non-hydrogen) atoms. The normalized spacial score (nSPS) is 13.7. The van der Waals surface area contributed by atoms with Crippen LogP contribution in [0.15, 0.2) is 48.5 Å². The van der Waals surface area contributed by atoms with E-state index >= 15 is 0 Å². The van der Waals surface area contributed by atoms with Crippen LogP contribution in [0.2, 0.25) is 0 Å². The highest BCUT2D eigenvalue weighted by atomic mass is 16.5. The van der Waals surface area contributed by atoms with E-state index in [-0.39, 0.29) is 29.2 Å². The van der Waals surface area contributed by atoms with Gasteiger partial charge in [0.25, 0.3) is 17.7 Å². The number of nitrogens with one attached hydrogen (secondary N) is 1. The zero-order chi connectivity index (χ0) is 23.4. The SMILES string of the molecule is CC(=O)c1ccc(NC(=O)COC(=O)[C@H](CC(C)C)N2C(=O)c3ccccc3C2=O)cc1. The van der Waals surface area contributed by atoms with Crippen LogP contribution in [0.3, 0.4) is 0 Å². The number of carbonyl (C=O) groups is 5. The van der Waals surface area contributed by atoms with Crippen molar-refractivity contribution in [3.8, 4) is 0 Å². The first kappa shape index (κ1) is 22.9. The summed E-state index contributed by atoms with van der Waals surface area (Å²) in [5, 5.41) is 2.57. The molecule has 0 aliphatic carbocycles. The van der Waals surface area contributed by atoms with E-state index in [1.807, 2.05) is 13.8 Å². The maximum atomic E-state index is 12.8. The lowest BCUT2D eigenvalue weighted by Gasteiger charge is -2.25. The molecule has 0 unspecified atom stereocenters. The van der Waals surface area contributed by atoms with Crippen molar-refractivity contribution in [3.63, 3.8) is 0 Å². The fourth-order valence-electron chi connectivity index (χ4n) is 3.46. The third-order valence-electron chi connectivity index (χ3n) is 5.02. The van der Waals surface area contributed by atoms with Crippen molar-refractivity contribution in [2.45, 2.75) is 33.2 Å². The number of hydrogen-bond acceptors (Lipinski definition) is 6. The number of anilines is 1. The third kappa shape index (κ3) is 4.91. The molecule has 3 amide bonds. The summed E-state index contributed by atoms with van der Waals surface area (Å²) in [6, 6.07) is 11.5. The Balaban J connectivity index is 1.66. The van der Waals surface area contributed by atoms with Gasteiger partial charge in [0.2, 0.25) is 0 Å². The molecular formula is C24H24N2O6. The molecule has 1 atom stereocenters. The Morgan fingerprint density at radius 3 is 2.00 bits per heavy atom. The average Bonchev–Trinajstić information content (AvgIpc) is 3.01. The van der Waals surface area contributed by atoms with E-state index in [0.29, 0.717) is 11.3 Å². The minimum absolute atomic E-state index is 0.00882. The lowest BCUT2D eigenvalue weighted by atomic mass is 10.0. The molecular weight excluding hydrogens is 412 g/mol. The summed E-state index contributed by atoms with van der Waals surface area (Å²) in [6.45, 7) is 4.58. The Labute approximate surface area is 185 Å². The van der Waals surface area contributed by atoms with Crippen LogP contribution in [0.1, 0.15) is 58.3 Å². The van der Waals surface area contributed by atoms with E-state index in [2.05, 4.69) is 5.32 Å². The van der Waals surface area contributed by atoms with Gasteiger partial charge in [-0.2, -0.15) is 0 Å². The van der Waals surface area contributed by atoms with E-state index in [1.165, 1.54) is 19.1 Å². The highest BCUT2D eigenvalue weighted by molar-refractivity contribution is 6.22. The summed E-state index contributed by atoms with van der Waals surface area (Å²) < 4.78 is 5.16. The van der Waals surface area contributed by atoms with Crippen molar-refractivity contribution in [1.82, 2.24) is 4.90 Å². The fourth-order valence-corrected chi connectivity index (χ4v) is 3.46. The molecule has 0 saturated heterocycles. The summed E-state index contributed by atoms with van der Waals surface area (Å²) in [5.41, 5.74) is 1.43. The minimum Gasteiger partial charge on any atom is -0.454 e. The van der Waals surface area contributed by atoms with Crippen LogP contribution in [0.25, 0.3) is 0 Å². The van der Waals surface area contributed by atoms with Crippen LogP contribution < -0.4 is 5.32 Å². The molecule has 2 aromatic carbocycles. The zero-order valence-corrected chi connectivity index (χ0v) is 18.1. The van der Waals surface area contributed by atoms with E-state index in [0.717, 1.165) is 4.90 Å². The second-order valence-corrected chi connectivity index (χ2v) is 7.96. The number of Topliss-reactive ketones (excluding diaryl/α,β-unsaturated/α-hetero) is 1. The van der Waals surface area contributed by atoms with Gasteiger partial charge in [0.15, 0.2) is 12.4 Å². The van der Waals surface area contributed by atoms with Crippen LogP contribution in [0, 0.1) is 5.92 Å². The number of amides is 3. The molecule has 8 nitrogen and oxygen atoms in total. The number of benzene rings is 2. The standard InChI is InChI=1S/C24H24N2O6/c1-14(2)12-20(26-22(29)18-6-4-5-7-19(18)23(26)30)24(31)32-13-21(28)25-17-10-8-16(9-11-17)15(3)27/h4-11,14,20H,12-13H2,1-3H3,(H,25,28)/t20-/m0/s1. The van der Waals surface area contributed by atoms with Crippen molar-refractivity contribution in [1.29, 1.82) is 0 Å². The van der Waals surface area contributed by atoms with E-state index in [4.69, 9.17) is 4.74 Å². The smallest absolute Gasteiger partial charge is 0.329 e. The largest absolute Gasteiger partial charge is 0.454 e. The second-order valence-electron chi connectivity index (χ2n) is 7.96. The molecule has 166 valence electrons. The number of hydrogen-bond donors (Lipinski definition) is 1. The molecule has 0 fully saturated rings. The predicted octanol–water partition coefficient (Wildman–Crippen LogP) is 3.08. The topological polar surface area (TPSA) is 110 Å². The van der Waals surface area contributed by atoms with Crippen LogP contribution in [-0.4, -0.2) is 47.0 Å². The fraction of sp³-hybridized carbons (Fsp3) is 0.292. The second kappa shape index (κ2) is 9.55. The van der Waals surface area contributed by atoms with Crippen molar-refractivity contribution in [2.24, 2.45) is 5.92 Å². The number of ether oxygens (including phenoxy) is 1. The van der Waals surface area contributed by atoms with Crippen LogP contribution in [0.4, 0.5) is 5.69 Å². The van der Waals surface area contributed by atoms with E-state index in [9.17, 15) is 24.0 Å². The lowest BCUT2D eigenvalue weighted by molar-refractivity contribution is -0.151. The first-order valence-corrected chi connectivity index (χ1v) is 10.2. The van der Waals surface area contributed by atoms with Crippen LogP contribution >= 0.6 is 0 Å². The summed E-state index contributed by atoms with van der Waals surface area (Å²) in [5.74, 6) is -2.62. The molecule has 1 heterocycles. The summed E-state index contributed by atoms with van der Waals surface area (Å²) in [6.07, 6.45) is 0.207. The van der Waals surface area contributed by atoms with Gasteiger partial charge in [0.05, 0.1) is 11.1 Å². The Morgan fingerprint density at radius 1 is 0.938 bits per heavy atom. The Kier molecular flexibility index (Phi) is 6.82. The summed E-state index contributed by atoms with van der Waals surface area (Å²) >= 11 is 0. The van der Waals surface area contributed by atoms with Crippen molar-refractivity contribution < 1.29 is 28.7 Å². The molecule has 3 rings (SSSR count). The van der Waals surface area contributed by atoms with Crippen LogP contribution in [-0.2, 0) is 14.3 Å². The molecule has 0 saturated carbocycles. The summed E-state index contributed by atoms with van der Waals surface area (Å²) in [4.78, 5) is 62.8. The van der Waals surface area contributed by atoms with Crippen molar-refractivity contribution >= 4 is 35.2 Å². The molecule has 1 aliphatic rings. The molecule has 1 aliphatic heterocycles. The molecule has 0 bridgehead atoms. The highest BCUT2D eigenvalue weighted by Crippen LogP contribution is 2.27. The van der Waals surface area contributed by atoms with Gasteiger partial charge in [-0.3, -0.25) is 24.1 Å².